The Bertz CT molecular complexity index is 559. The van der Waals surface area contributed by atoms with Gasteiger partial charge in [0.2, 0.25) is 0 Å². The van der Waals surface area contributed by atoms with E-state index in [1.165, 1.54) is 30.3 Å². The van der Waals surface area contributed by atoms with Crippen molar-refractivity contribution < 1.29 is 13.2 Å². The van der Waals surface area contributed by atoms with Crippen molar-refractivity contribution in [2.75, 3.05) is 0 Å². The molecule has 0 radical (unpaired) electrons. The topological polar surface area (TPSA) is 0 Å². The first-order valence-corrected chi connectivity index (χ1v) is 5.04. The van der Waals surface area contributed by atoms with Gasteiger partial charge in [-0.15, -0.1) is 0 Å². The van der Waals surface area contributed by atoms with Crippen LogP contribution in [0.4, 0.5) is 13.2 Å². The zero-order valence-corrected chi connectivity index (χ0v) is 8.83. The van der Waals surface area contributed by atoms with E-state index >= 15 is 0 Å². The van der Waals surface area contributed by atoms with Crippen LogP contribution in [-0.2, 0) is 0 Å². The predicted octanol–water partition coefficient (Wildman–Crippen LogP) is 4.27. The average Bonchev–Trinajstić information content (AvgIpc) is 2.28. The molecule has 2 aromatic carbocycles. The van der Waals surface area contributed by atoms with E-state index in [9.17, 15) is 13.2 Å². The molecule has 0 heterocycles. The van der Waals surface area contributed by atoms with Crippen LogP contribution < -0.4 is 0 Å². The largest absolute Gasteiger partial charge is 0.207 e. The molecule has 0 unspecified atom stereocenters. The minimum absolute atomic E-state index is 0.260. The third-order valence-corrected chi connectivity index (χ3v) is 2.27. The van der Waals surface area contributed by atoms with Crippen molar-refractivity contribution in [3.63, 3.8) is 0 Å². The lowest BCUT2D eigenvalue weighted by molar-refractivity contribution is 0.581. The molecule has 0 aliphatic carbocycles. The van der Waals surface area contributed by atoms with Gasteiger partial charge in [0.25, 0.3) is 0 Å². The molecule has 0 atom stereocenters. The van der Waals surface area contributed by atoms with Crippen LogP contribution in [0.1, 0.15) is 11.1 Å². The highest BCUT2D eigenvalue weighted by atomic mass is 19.1. The molecular weight excluding hydrogens is 225 g/mol. The number of rotatable bonds is 2. The van der Waals surface area contributed by atoms with Crippen molar-refractivity contribution in [3.8, 4) is 0 Å². The van der Waals surface area contributed by atoms with E-state index in [1.807, 2.05) is 0 Å². The molecule has 2 rings (SSSR count). The summed E-state index contributed by atoms with van der Waals surface area (Å²) < 4.78 is 38.8. The second-order valence-electron chi connectivity index (χ2n) is 3.55. The summed E-state index contributed by atoms with van der Waals surface area (Å²) in [6.07, 6.45) is 3.04. The molecule has 0 saturated heterocycles. The maximum atomic E-state index is 13.3. The first-order valence-electron chi connectivity index (χ1n) is 5.04. The summed E-state index contributed by atoms with van der Waals surface area (Å²) in [6.45, 7) is 0. The molecule has 0 aliphatic rings. The Labute approximate surface area is 97.0 Å². The quantitative estimate of drug-likeness (QED) is 0.680. The fourth-order valence-corrected chi connectivity index (χ4v) is 1.43. The molecule has 0 aromatic heterocycles. The Balaban J connectivity index is 2.26. The fourth-order valence-electron chi connectivity index (χ4n) is 1.43. The molecule has 0 saturated carbocycles. The zero-order valence-electron chi connectivity index (χ0n) is 8.83. The van der Waals surface area contributed by atoms with Gasteiger partial charge in [0, 0.05) is 11.6 Å². The molecule has 0 nitrogen and oxygen atoms in total. The fraction of sp³-hybridized carbons (Fsp3) is 0. The SMILES string of the molecule is Fc1cccc(/C=C/c2ccc(F)cc2F)c1. The molecule has 2 aromatic rings. The number of hydrogen-bond acceptors (Lipinski definition) is 0. The predicted molar refractivity (Wildman–Crippen MR) is 61.7 cm³/mol. The van der Waals surface area contributed by atoms with Gasteiger partial charge in [-0.3, -0.25) is 0 Å². The molecule has 0 fully saturated rings. The lowest BCUT2D eigenvalue weighted by Crippen LogP contribution is -1.83. The summed E-state index contributed by atoms with van der Waals surface area (Å²) in [7, 11) is 0. The van der Waals surface area contributed by atoms with Gasteiger partial charge in [-0.05, 0) is 29.8 Å². The Morgan fingerprint density at radius 1 is 0.765 bits per heavy atom. The summed E-state index contributed by atoms with van der Waals surface area (Å²) in [5.41, 5.74) is 0.879. The highest BCUT2D eigenvalue weighted by Gasteiger charge is 1.99. The van der Waals surface area contributed by atoms with Gasteiger partial charge in [0.05, 0.1) is 0 Å². The summed E-state index contributed by atoms with van der Waals surface area (Å²) in [5.74, 6) is -1.62. The highest BCUT2D eigenvalue weighted by Crippen LogP contribution is 2.14. The van der Waals surface area contributed by atoms with Crippen LogP contribution in [0.2, 0.25) is 0 Å². The molecular formula is C14H9F3. The van der Waals surface area contributed by atoms with Gasteiger partial charge in [0.1, 0.15) is 17.5 Å². The van der Waals surface area contributed by atoms with Crippen molar-refractivity contribution in [1.29, 1.82) is 0 Å². The van der Waals surface area contributed by atoms with E-state index in [0.29, 0.717) is 5.56 Å². The molecule has 86 valence electrons. The Morgan fingerprint density at radius 2 is 1.53 bits per heavy atom. The van der Waals surface area contributed by atoms with Crippen LogP contribution in [0.3, 0.4) is 0 Å². The van der Waals surface area contributed by atoms with E-state index in [-0.39, 0.29) is 11.4 Å². The second kappa shape index (κ2) is 4.87. The number of benzene rings is 2. The molecule has 17 heavy (non-hydrogen) atoms. The lowest BCUT2D eigenvalue weighted by Gasteiger charge is -1.97. The average molecular weight is 234 g/mol. The monoisotopic (exact) mass is 234 g/mol. The molecule has 0 bridgehead atoms. The Kier molecular flexibility index (Phi) is 3.28. The molecule has 0 N–H and O–H groups in total. The van der Waals surface area contributed by atoms with Crippen LogP contribution in [0.25, 0.3) is 12.2 Å². The van der Waals surface area contributed by atoms with Crippen molar-refractivity contribution in [2.24, 2.45) is 0 Å². The summed E-state index contributed by atoms with van der Waals surface area (Å²) in [5, 5.41) is 0. The van der Waals surface area contributed by atoms with Crippen LogP contribution in [-0.4, -0.2) is 0 Å². The van der Waals surface area contributed by atoms with Crippen LogP contribution >= 0.6 is 0 Å². The normalized spacial score (nSPS) is 11.0. The van der Waals surface area contributed by atoms with Gasteiger partial charge >= 0.3 is 0 Å². The molecule has 0 spiro atoms. The molecule has 3 heteroatoms. The van der Waals surface area contributed by atoms with Crippen molar-refractivity contribution in [3.05, 3.63) is 71.0 Å². The Morgan fingerprint density at radius 3 is 2.24 bits per heavy atom. The minimum atomic E-state index is -0.641. The van der Waals surface area contributed by atoms with Crippen molar-refractivity contribution in [1.82, 2.24) is 0 Å². The van der Waals surface area contributed by atoms with E-state index in [0.717, 1.165) is 6.07 Å². The van der Waals surface area contributed by atoms with Crippen LogP contribution in [0, 0.1) is 17.5 Å². The van der Waals surface area contributed by atoms with E-state index in [4.69, 9.17) is 0 Å². The third kappa shape index (κ3) is 2.97. The van der Waals surface area contributed by atoms with Crippen LogP contribution in [0.15, 0.2) is 42.5 Å². The van der Waals surface area contributed by atoms with Gasteiger partial charge in [-0.25, -0.2) is 13.2 Å². The molecule has 0 aliphatic heterocycles. The van der Waals surface area contributed by atoms with Crippen molar-refractivity contribution >= 4 is 12.2 Å². The van der Waals surface area contributed by atoms with Gasteiger partial charge in [-0.2, -0.15) is 0 Å². The summed E-state index contributed by atoms with van der Waals surface area (Å²) >= 11 is 0. The van der Waals surface area contributed by atoms with Crippen molar-refractivity contribution in [2.45, 2.75) is 0 Å². The van der Waals surface area contributed by atoms with Crippen LogP contribution in [0.5, 0.6) is 0 Å². The van der Waals surface area contributed by atoms with Gasteiger partial charge < -0.3 is 0 Å². The smallest absolute Gasteiger partial charge is 0.133 e. The maximum Gasteiger partial charge on any atom is 0.133 e. The Hall–Kier alpha value is -2.03. The number of hydrogen-bond donors (Lipinski definition) is 0. The van der Waals surface area contributed by atoms with E-state index in [2.05, 4.69) is 0 Å². The van der Waals surface area contributed by atoms with Gasteiger partial charge in [0.15, 0.2) is 0 Å². The summed E-state index contributed by atoms with van der Waals surface area (Å²) in [6, 6.07) is 9.24. The lowest BCUT2D eigenvalue weighted by atomic mass is 10.1. The standard InChI is InChI=1S/C14H9F3/c15-12-3-1-2-10(8-12)4-5-11-6-7-13(16)9-14(11)17/h1-9H/b5-4+. The van der Waals surface area contributed by atoms with Gasteiger partial charge in [-0.1, -0.05) is 24.3 Å². The molecule has 0 amide bonds. The maximum absolute atomic E-state index is 13.3. The number of halogens is 3. The van der Waals surface area contributed by atoms with E-state index < -0.39 is 11.6 Å². The first kappa shape index (κ1) is 11.5. The second-order valence-corrected chi connectivity index (χ2v) is 3.55. The minimum Gasteiger partial charge on any atom is -0.207 e. The summed E-state index contributed by atoms with van der Waals surface area (Å²) in [4.78, 5) is 0. The zero-order chi connectivity index (χ0) is 12.3. The first-order chi connectivity index (χ1) is 8.15. The van der Waals surface area contributed by atoms with E-state index in [1.54, 1.807) is 18.2 Å². The third-order valence-electron chi connectivity index (χ3n) is 2.27. The highest BCUT2D eigenvalue weighted by molar-refractivity contribution is 5.69.